The largest absolute Gasteiger partial charge is 0.469 e. The Balaban J connectivity index is 1.80. The topological polar surface area (TPSA) is 51.2 Å². The minimum absolute atomic E-state index is 0.233. The third-order valence-corrected chi connectivity index (χ3v) is 4.02. The summed E-state index contributed by atoms with van der Waals surface area (Å²) in [5.41, 5.74) is 3.46. The molecule has 19 heavy (non-hydrogen) atoms. The third-order valence-electron chi connectivity index (χ3n) is 4.02. The van der Waals surface area contributed by atoms with Crippen LogP contribution < -0.4 is 5.32 Å². The number of nitrogens with one attached hydrogen (secondary N) is 1. The first-order valence-electron chi connectivity index (χ1n) is 6.92. The highest BCUT2D eigenvalue weighted by Crippen LogP contribution is 2.33. The van der Waals surface area contributed by atoms with Crippen LogP contribution in [0, 0.1) is 13.8 Å². The quantitative estimate of drug-likeness (QED) is 0.915. The molecule has 0 fully saturated rings. The van der Waals surface area contributed by atoms with Crippen LogP contribution in [0.25, 0.3) is 0 Å². The molecule has 2 heterocycles. The predicted molar refractivity (Wildman–Crippen MR) is 71.9 cm³/mol. The molecule has 0 aliphatic heterocycles. The van der Waals surface area contributed by atoms with Gasteiger partial charge in [0, 0.05) is 29.6 Å². The van der Waals surface area contributed by atoms with Gasteiger partial charge in [0.1, 0.15) is 11.5 Å². The van der Waals surface area contributed by atoms with Crippen molar-refractivity contribution < 1.29 is 8.94 Å². The Bertz CT molecular complexity index is 551. The average Bonchev–Trinajstić information content (AvgIpc) is 2.97. The number of rotatable bonds is 3. The van der Waals surface area contributed by atoms with E-state index in [9.17, 15) is 0 Å². The fraction of sp³-hybridized carbons (Fsp3) is 0.533. The molecule has 2 atom stereocenters. The summed E-state index contributed by atoms with van der Waals surface area (Å²) < 4.78 is 10.8. The van der Waals surface area contributed by atoms with E-state index in [-0.39, 0.29) is 6.04 Å². The van der Waals surface area contributed by atoms with E-state index in [1.165, 1.54) is 17.5 Å². The van der Waals surface area contributed by atoms with Gasteiger partial charge in [0.05, 0.1) is 12.0 Å². The van der Waals surface area contributed by atoms with Gasteiger partial charge in [-0.1, -0.05) is 5.16 Å². The molecule has 2 unspecified atom stereocenters. The SMILES string of the molecule is Cc1noc(C)c1C(C)NC1CCCc2occc21. The van der Waals surface area contributed by atoms with Crippen LogP contribution in [-0.2, 0) is 6.42 Å². The molecule has 1 aliphatic carbocycles. The highest BCUT2D eigenvalue weighted by Gasteiger charge is 2.26. The zero-order valence-corrected chi connectivity index (χ0v) is 11.7. The van der Waals surface area contributed by atoms with Crippen LogP contribution in [-0.4, -0.2) is 5.16 Å². The molecule has 3 rings (SSSR count). The van der Waals surface area contributed by atoms with Gasteiger partial charge in [0.15, 0.2) is 0 Å². The van der Waals surface area contributed by atoms with Crippen LogP contribution in [0.2, 0.25) is 0 Å². The average molecular weight is 260 g/mol. The van der Waals surface area contributed by atoms with E-state index in [1.54, 1.807) is 6.26 Å². The predicted octanol–water partition coefficient (Wildman–Crippen LogP) is 3.61. The zero-order valence-electron chi connectivity index (χ0n) is 11.7. The summed E-state index contributed by atoms with van der Waals surface area (Å²) >= 11 is 0. The van der Waals surface area contributed by atoms with E-state index in [1.807, 2.05) is 13.8 Å². The molecule has 0 radical (unpaired) electrons. The van der Waals surface area contributed by atoms with Crippen LogP contribution in [0.3, 0.4) is 0 Å². The molecule has 2 aromatic heterocycles. The number of fused-ring (bicyclic) bond motifs is 1. The molecule has 4 nitrogen and oxygen atoms in total. The van der Waals surface area contributed by atoms with E-state index in [0.717, 1.165) is 30.1 Å². The van der Waals surface area contributed by atoms with Gasteiger partial charge in [-0.2, -0.15) is 0 Å². The summed E-state index contributed by atoms with van der Waals surface area (Å²) in [6.45, 7) is 6.13. The van der Waals surface area contributed by atoms with Crippen molar-refractivity contribution in [2.75, 3.05) is 0 Å². The molecular weight excluding hydrogens is 240 g/mol. The fourth-order valence-electron chi connectivity index (χ4n) is 3.15. The molecule has 0 aromatic carbocycles. The Labute approximate surface area is 113 Å². The number of aromatic nitrogens is 1. The molecule has 0 saturated carbocycles. The molecule has 0 spiro atoms. The lowest BCUT2D eigenvalue weighted by molar-refractivity contribution is 0.376. The lowest BCUT2D eigenvalue weighted by Crippen LogP contribution is -2.27. The Hall–Kier alpha value is -1.55. The van der Waals surface area contributed by atoms with Crippen molar-refractivity contribution >= 4 is 0 Å². The summed E-state index contributed by atoms with van der Waals surface area (Å²) in [7, 11) is 0. The first kappa shape index (κ1) is 12.5. The second kappa shape index (κ2) is 4.85. The first-order valence-corrected chi connectivity index (χ1v) is 6.92. The summed E-state index contributed by atoms with van der Waals surface area (Å²) in [6.07, 6.45) is 5.18. The van der Waals surface area contributed by atoms with Crippen molar-refractivity contribution in [3.05, 3.63) is 40.7 Å². The Kier molecular flexibility index (Phi) is 3.19. The van der Waals surface area contributed by atoms with E-state index >= 15 is 0 Å². The Morgan fingerprint density at radius 2 is 2.26 bits per heavy atom. The van der Waals surface area contributed by atoms with Crippen molar-refractivity contribution in [1.29, 1.82) is 0 Å². The van der Waals surface area contributed by atoms with Crippen LogP contribution in [0.5, 0.6) is 0 Å². The number of hydrogen-bond donors (Lipinski definition) is 1. The minimum Gasteiger partial charge on any atom is -0.469 e. The van der Waals surface area contributed by atoms with Gasteiger partial charge < -0.3 is 14.3 Å². The lowest BCUT2D eigenvalue weighted by Gasteiger charge is -2.26. The van der Waals surface area contributed by atoms with Crippen LogP contribution >= 0.6 is 0 Å². The van der Waals surface area contributed by atoms with Crippen molar-refractivity contribution in [2.24, 2.45) is 0 Å². The number of hydrogen-bond acceptors (Lipinski definition) is 4. The van der Waals surface area contributed by atoms with Crippen LogP contribution in [0.4, 0.5) is 0 Å². The molecule has 1 N–H and O–H groups in total. The van der Waals surface area contributed by atoms with Gasteiger partial charge in [0.2, 0.25) is 0 Å². The summed E-state index contributed by atoms with van der Waals surface area (Å²) in [5.74, 6) is 2.04. The highest BCUT2D eigenvalue weighted by molar-refractivity contribution is 5.27. The fourth-order valence-corrected chi connectivity index (χ4v) is 3.15. The van der Waals surface area contributed by atoms with E-state index in [0.29, 0.717) is 6.04 Å². The van der Waals surface area contributed by atoms with Gasteiger partial charge in [-0.05, 0) is 39.7 Å². The highest BCUT2D eigenvalue weighted by atomic mass is 16.5. The zero-order chi connectivity index (χ0) is 13.4. The Morgan fingerprint density at radius 3 is 3.00 bits per heavy atom. The van der Waals surface area contributed by atoms with Gasteiger partial charge in [-0.3, -0.25) is 0 Å². The molecule has 4 heteroatoms. The third kappa shape index (κ3) is 2.21. The maximum atomic E-state index is 5.54. The van der Waals surface area contributed by atoms with Gasteiger partial charge in [-0.25, -0.2) is 0 Å². The lowest BCUT2D eigenvalue weighted by atomic mass is 9.92. The van der Waals surface area contributed by atoms with Gasteiger partial charge >= 0.3 is 0 Å². The van der Waals surface area contributed by atoms with Gasteiger partial charge in [-0.15, -0.1) is 0 Å². The van der Waals surface area contributed by atoms with Crippen molar-refractivity contribution in [1.82, 2.24) is 10.5 Å². The van der Waals surface area contributed by atoms with Crippen molar-refractivity contribution in [2.45, 2.75) is 52.1 Å². The van der Waals surface area contributed by atoms with Gasteiger partial charge in [0.25, 0.3) is 0 Å². The maximum Gasteiger partial charge on any atom is 0.138 e. The van der Waals surface area contributed by atoms with E-state index < -0.39 is 0 Å². The number of nitrogens with zero attached hydrogens (tertiary/aromatic N) is 1. The summed E-state index contributed by atoms with van der Waals surface area (Å²) in [5, 5.41) is 7.72. The first-order chi connectivity index (χ1) is 9.16. The van der Waals surface area contributed by atoms with Crippen molar-refractivity contribution in [3.8, 4) is 0 Å². The molecule has 1 aliphatic rings. The van der Waals surface area contributed by atoms with E-state index in [2.05, 4.69) is 23.5 Å². The molecular formula is C15H20N2O2. The molecule has 2 aromatic rings. The van der Waals surface area contributed by atoms with E-state index in [4.69, 9.17) is 8.94 Å². The number of aryl methyl sites for hydroxylation is 3. The summed E-state index contributed by atoms with van der Waals surface area (Å²) in [6, 6.07) is 2.69. The normalized spacial score (nSPS) is 20.3. The molecule has 0 amide bonds. The molecule has 0 bridgehead atoms. The van der Waals surface area contributed by atoms with Crippen LogP contribution in [0.1, 0.15) is 60.2 Å². The van der Waals surface area contributed by atoms with Crippen LogP contribution in [0.15, 0.2) is 21.3 Å². The number of furan rings is 1. The Morgan fingerprint density at radius 1 is 1.42 bits per heavy atom. The second-order valence-electron chi connectivity index (χ2n) is 5.37. The smallest absolute Gasteiger partial charge is 0.138 e. The molecule has 102 valence electrons. The maximum absolute atomic E-state index is 5.54. The standard InChI is InChI=1S/C15H20N2O2/c1-9(15-10(2)17-19-11(15)3)16-13-5-4-6-14-12(13)7-8-18-14/h7-9,13,16H,4-6H2,1-3H3. The molecule has 0 saturated heterocycles. The second-order valence-corrected chi connectivity index (χ2v) is 5.37. The summed E-state index contributed by atoms with van der Waals surface area (Å²) in [4.78, 5) is 0. The minimum atomic E-state index is 0.233. The monoisotopic (exact) mass is 260 g/mol. The van der Waals surface area contributed by atoms with Crippen molar-refractivity contribution in [3.63, 3.8) is 0 Å².